The van der Waals surface area contributed by atoms with Gasteiger partial charge in [-0.25, -0.2) is 16.8 Å². The van der Waals surface area contributed by atoms with Crippen molar-refractivity contribution in [2.45, 2.75) is 233 Å². The predicted octanol–water partition coefficient (Wildman–Crippen LogP) is 13.5. The SMILES string of the molecule is CCCCCCCCCCC/C=C/C(CCCCCCC)COS(=O)(=O)[O-].CCCCCCCCCCC/C=C/C(CCCCCCC)COS(=O)(=O)[O-].[Ca+2]. The molecule has 2 atom stereocenters. The van der Waals surface area contributed by atoms with Gasteiger partial charge >= 0.3 is 37.7 Å². The molecule has 0 aliphatic heterocycles. The molecule has 8 nitrogen and oxygen atoms in total. The Hall–Kier alpha value is 0.480. The van der Waals surface area contributed by atoms with Crippen molar-refractivity contribution in [3.05, 3.63) is 24.3 Å². The van der Waals surface area contributed by atoms with E-state index in [1.54, 1.807) is 0 Å². The Balaban J connectivity index is -0.000000966. The first-order chi connectivity index (χ1) is 26.0. The van der Waals surface area contributed by atoms with E-state index in [9.17, 15) is 25.9 Å². The Morgan fingerprint density at radius 2 is 0.636 bits per heavy atom. The summed E-state index contributed by atoms with van der Waals surface area (Å²) in [5.41, 5.74) is 0. The van der Waals surface area contributed by atoms with E-state index in [1.165, 1.54) is 154 Å². The normalized spacial score (nSPS) is 13.2. The van der Waals surface area contributed by atoms with Gasteiger partial charge in [-0.2, -0.15) is 0 Å². The van der Waals surface area contributed by atoms with Crippen molar-refractivity contribution in [3.63, 3.8) is 0 Å². The third-order valence-corrected chi connectivity index (χ3v) is 10.8. The fourth-order valence-electron chi connectivity index (χ4n) is 6.55. The largest absolute Gasteiger partial charge is 2.00 e. The molecule has 0 aliphatic rings. The van der Waals surface area contributed by atoms with Crippen LogP contribution in [0.3, 0.4) is 0 Å². The molecule has 0 aromatic rings. The van der Waals surface area contributed by atoms with E-state index in [4.69, 9.17) is 0 Å². The molecule has 0 heterocycles. The van der Waals surface area contributed by atoms with Crippen LogP contribution in [0.5, 0.6) is 0 Å². The summed E-state index contributed by atoms with van der Waals surface area (Å²) in [5.74, 6) is 0.0443. The van der Waals surface area contributed by atoms with Gasteiger partial charge in [-0.3, -0.25) is 8.37 Å². The molecule has 0 aliphatic carbocycles. The zero-order valence-electron chi connectivity index (χ0n) is 36.3. The van der Waals surface area contributed by atoms with E-state index in [0.29, 0.717) is 0 Å². The number of rotatable bonds is 40. The smallest absolute Gasteiger partial charge is 0.726 e. The molecule has 0 bridgehead atoms. The number of hydrogen-bond donors (Lipinski definition) is 0. The molecule has 11 heteroatoms. The molecule has 0 rings (SSSR count). The average Bonchev–Trinajstić information content (AvgIpc) is 3.12. The molecule has 2 unspecified atom stereocenters. The molecular formula is C44H86CaO8S2. The van der Waals surface area contributed by atoms with Crippen LogP contribution >= 0.6 is 0 Å². The van der Waals surface area contributed by atoms with Gasteiger partial charge in [0.05, 0.1) is 13.2 Å². The molecule has 0 saturated heterocycles. The molecule has 324 valence electrons. The van der Waals surface area contributed by atoms with Crippen LogP contribution < -0.4 is 0 Å². The molecule has 0 spiro atoms. The summed E-state index contributed by atoms with van der Waals surface area (Å²) in [4.78, 5) is 0. The fourth-order valence-corrected chi connectivity index (χ4v) is 7.24. The maximum Gasteiger partial charge on any atom is 2.00 e. The van der Waals surface area contributed by atoms with Crippen LogP contribution in [0.25, 0.3) is 0 Å². The van der Waals surface area contributed by atoms with Gasteiger partial charge in [0, 0.05) is 11.8 Å². The molecule has 0 aromatic heterocycles. The summed E-state index contributed by atoms with van der Waals surface area (Å²) in [6.07, 6.45) is 47.6. The summed E-state index contributed by atoms with van der Waals surface area (Å²) in [6.45, 7) is 8.82. The van der Waals surface area contributed by atoms with Crippen molar-refractivity contribution >= 4 is 58.5 Å². The van der Waals surface area contributed by atoms with Crippen molar-refractivity contribution < 1.29 is 34.3 Å². The van der Waals surface area contributed by atoms with Gasteiger partial charge in [-0.05, 0) is 38.5 Å². The first-order valence-corrected chi connectivity index (χ1v) is 25.2. The first kappa shape index (κ1) is 59.8. The van der Waals surface area contributed by atoms with Gasteiger partial charge in [-0.15, -0.1) is 0 Å². The number of unbranched alkanes of at least 4 members (excludes halogenated alkanes) is 26. The van der Waals surface area contributed by atoms with E-state index in [2.05, 4.69) is 60.4 Å². The maximum atomic E-state index is 10.7. The van der Waals surface area contributed by atoms with E-state index < -0.39 is 20.8 Å². The van der Waals surface area contributed by atoms with Crippen LogP contribution in [0.4, 0.5) is 0 Å². The third kappa shape index (κ3) is 54.5. The molecule has 0 N–H and O–H groups in total. The van der Waals surface area contributed by atoms with Crippen molar-refractivity contribution in [1.29, 1.82) is 0 Å². The van der Waals surface area contributed by atoms with Gasteiger partial charge in [-0.1, -0.05) is 219 Å². The topological polar surface area (TPSA) is 133 Å². The predicted molar refractivity (Wildman–Crippen MR) is 233 cm³/mol. The molecule has 0 saturated carbocycles. The monoisotopic (exact) mass is 847 g/mol. The summed E-state index contributed by atoms with van der Waals surface area (Å²) in [5, 5.41) is 0. The first-order valence-electron chi connectivity index (χ1n) is 22.5. The van der Waals surface area contributed by atoms with Gasteiger partial charge in [0.2, 0.25) is 20.8 Å². The summed E-state index contributed by atoms with van der Waals surface area (Å²) < 4.78 is 73.2. The fraction of sp³-hybridized carbons (Fsp3) is 0.909. The summed E-state index contributed by atoms with van der Waals surface area (Å²) >= 11 is 0. The van der Waals surface area contributed by atoms with Gasteiger partial charge in [0.25, 0.3) is 0 Å². The van der Waals surface area contributed by atoms with Crippen molar-refractivity contribution in [1.82, 2.24) is 0 Å². The van der Waals surface area contributed by atoms with Crippen molar-refractivity contribution in [2.24, 2.45) is 11.8 Å². The van der Waals surface area contributed by atoms with Crippen molar-refractivity contribution in [3.8, 4) is 0 Å². The zero-order valence-corrected chi connectivity index (χ0v) is 40.1. The Kier molecular flexibility index (Phi) is 49.5. The average molecular weight is 847 g/mol. The van der Waals surface area contributed by atoms with Crippen LogP contribution in [0, 0.1) is 11.8 Å². The summed E-state index contributed by atoms with van der Waals surface area (Å²) in [6, 6.07) is 0. The van der Waals surface area contributed by atoms with E-state index in [-0.39, 0.29) is 62.8 Å². The second kappa shape index (κ2) is 45.6. The molecule has 0 fully saturated rings. The number of hydrogen-bond acceptors (Lipinski definition) is 8. The van der Waals surface area contributed by atoms with E-state index in [0.717, 1.165) is 51.4 Å². The van der Waals surface area contributed by atoms with Crippen LogP contribution in [-0.2, 0) is 29.2 Å². The quantitative estimate of drug-likeness (QED) is 0.0196. The Morgan fingerprint density at radius 3 is 0.891 bits per heavy atom. The molecule has 0 amide bonds. The Bertz CT molecular complexity index is 952. The Labute approximate surface area is 372 Å². The zero-order chi connectivity index (χ0) is 40.4. The van der Waals surface area contributed by atoms with Gasteiger partial charge in [0.15, 0.2) is 0 Å². The summed E-state index contributed by atoms with van der Waals surface area (Å²) in [7, 11) is -9.19. The van der Waals surface area contributed by atoms with Crippen LogP contribution in [0.15, 0.2) is 24.3 Å². The minimum Gasteiger partial charge on any atom is -0.726 e. The van der Waals surface area contributed by atoms with Crippen LogP contribution in [-0.4, -0.2) is 76.9 Å². The minimum absolute atomic E-state index is 0. The second-order valence-corrected chi connectivity index (χ2v) is 17.5. The Morgan fingerprint density at radius 1 is 0.400 bits per heavy atom. The third-order valence-electron chi connectivity index (χ3n) is 9.98. The van der Waals surface area contributed by atoms with E-state index >= 15 is 0 Å². The number of allylic oxidation sites excluding steroid dienone is 2. The molecule has 0 radical (unpaired) electrons. The van der Waals surface area contributed by atoms with Crippen LogP contribution in [0.1, 0.15) is 233 Å². The molecule has 0 aromatic carbocycles. The maximum absolute atomic E-state index is 10.7. The van der Waals surface area contributed by atoms with Crippen molar-refractivity contribution in [2.75, 3.05) is 13.2 Å². The van der Waals surface area contributed by atoms with Crippen LogP contribution in [0.2, 0.25) is 0 Å². The van der Waals surface area contributed by atoms with Gasteiger partial charge < -0.3 is 9.11 Å². The minimum atomic E-state index is -4.60. The van der Waals surface area contributed by atoms with Gasteiger partial charge in [0.1, 0.15) is 0 Å². The standard InChI is InChI=1S/2C22H44O4S.Ca/c2*1-3-5-7-9-10-11-12-13-14-16-18-20-22(21-26-27(23,24)25)19-17-15-8-6-4-2;/h2*18,20,22H,3-17,19,21H2,1-2H3,(H,23,24,25);/q;;+2/p-2/b2*20-18+;. The molecule has 55 heavy (non-hydrogen) atoms. The second-order valence-electron chi connectivity index (χ2n) is 15.4. The van der Waals surface area contributed by atoms with E-state index in [1.807, 2.05) is 0 Å². The molecular weight excluding hydrogens is 761 g/mol.